The molecule has 0 amide bonds. The van der Waals surface area contributed by atoms with Crippen molar-refractivity contribution in [3.63, 3.8) is 0 Å². The lowest BCUT2D eigenvalue weighted by Crippen LogP contribution is -2.04. The zero-order valence-corrected chi connectivity index (χ0v) is 14.3. The third-order valence-electron chi connectivity index (χ3n) is 4.23. The van der Waals surface area contributed by atoms with Gasteiger partial charge in [0.2, 0.25) is 5.78 Å². The Kier molecular flexibility index (Phi) is 4.45. The molecule has 0 aliphatic heterocycles. The summed E-state index contributed by atoms with van der Waals surface area (Å²) in [5.41, 5.74) is 4.15. The van der Waals surface area contributed by atoms with Crippen LogP contribution in [0.4, 0.5) is 0 Å². The number of carbonyl (C=O) groups is 1. The normalized spacial score (nSPS) is 12.1. The second-order valence-corrected chi connectivity index (χ2v) is 6.37. The number of H-pyrrole nitrogens is 1. The summed E-state index contributed by atoms with van der Waals surface area (Å²) in [5, 5.41) is 10.0. The fraction of sp³-hybridized carbons (Fsp3) is 0.150. The number of halogens is 1. The van der Waals surface area contributed by atoms with E-state index in [-0.39, 0.29) is 17.5 Å². The molecule has 0 aliphatic rings. The molecule has 122 valence electrons. The lowest BCUT2D eigenvalue weighted by molar-refractivity contribution is 0.103. The highest BCUT2D eigenvalue weighted by Gasteiger charge is 2.18. The van der Waals surface area contributed by atoms with Crippen molar-refractivity contribution in [2.45, 2.75) is 19.8 Å². The Morgan fingerprint density at radius 3 is 2.33 bits per heavy atom. The second kappa shape index (κ2) is 6.54. The van der Waals surface area contributed by atoms with Gasteiger partial charge in [0.25, 0.3) is 0 Å². The SMILES string of the molecule is Cc1cc(C(C)c2ccc(O)cc2)[nH]c1C(=O)c1ccc(Cl)cc1. The van der Waals surface area contributed by atoms with Crippen molar-refractivity contribution >= 4 is 17.4 Å². The molecule has 3 aromatic rings. The molecule has 0 radical (unpaired) electrons. The summed E-state index contributed by atoms with van der Waals surface area (Å²) in [6.45, 7) is 3.99. The van der Waals surface area contributed by atoms with E-state index >= 15 is 0 Å². The van der Waals surface area contributed by atoms with Crippen LogP contribution in [0.3, 0.4) is 0 Å². The first-order valence-electron chi connectivity index (χ1n) is 7.74. The average Bonchev–Trinajstić information content (AvgIpc) is 2.97. The third kappa shape index (κ3) is 3.22. The van der Waals surface area contributed by atoms with E-state index in [1.807, 2.05) is 25.1 Å². The van der Waals surface area contributed by atoms with E-state index in [2.05, 4.69) is 11.9 Å². The van der Waals surface area contributed by atoms with Crippen LogP contribution in [0.15, 0.2) is 54.6 Å². The highest BCUT2D eigenvalue weighted by molar-refractivity contribution is 6.30. The van der Waals surface area contributed by atoms with Crippen LogP contribution >= 0.6 is 11.6 Å². The van der Waals surface area contributed by atoms with E-state index in [1.165, 1.54) is 0 Å². The van der Waals surface area contributed by atoms with Crippen LogP contribution in [0.25, 0.3) is 0 Å². The van der Waals surface area contributed by atoms with Gasteiger partial charge in [0.1, 0.15) is 5.75 Å². The van der Waals surface area contributed by atoms with Crippen LogP contribution in [0, 0.1) is 6.92 Å². The maximum atomic E-state index is 12.7. The Bertz CT molecular complexity index is 864. The summed E-state index contributed by atoms with van der Waals surface area (Å²) in [7, 11) is 0. The number of aromatic hydroxyl groups is 1. The molecule has 0 saturated heterocycles. The van der Waals surface area contributed by atoms with Crippen LogP contribution < -0.4 is 0 Å². The molecular weight excluding hydrogens is 322 g/mol. The predicted molar refractivity (Wildman–Crippen MR) is 96.0 cm³/mol. The standard InChI is InChI=1S/C20H18ClNO2/c1-12-11-18(13(2)14-5-9-17(23)10-6-14)22-19(12)20(24)15-3-7-16(21)8-4-15/h3-11,13,22-23H,1-2H3. The maximum Gasteiger partial charge on any atom is 0.209 e. The van der Waals surface area contributed by atoms with Crippen LogP contribution in [-0.2, 0) is 0 Å². The topological polar surface area (TPSA) is 53.1 Å². The predicted octanol–water partition coefficient (Wildman–Crippen LogP) is 5.06. The van der Waals surface area contributed by atoms with Gasteiger partial charge in [0.15, 0.2) is 0 Å². The molecule has 0 fully saturated rings. The van der Waals surface area contributed by atoms with Gasteiger partial charge >= 0.3 is 0 Å². The molecule has 1 atom stereocenters. The van der Waals surface area contributed by atoms with E-state index in [4.69, 9.17) is 11.6 Å². The number of aromatic nitrogens is 1. The van der Waals surface area contributed by atoms with E-state index in [0.717, 1.165) is 16.8 Å². The monoisotopic (exact) mass is 339 g/mol. The summed E-state index contributed by atoms with van der Waals surface area (Å²) in [4.78, 5) is 16.0. The van der Waals surface area contributed by atoms with Gasteiger partial charge in [-0.15, -0.1) is 0 Å². The van der Waals surface area contributed by atoms with Gasteiger partial charge in [0, 0.05) is 22.2 Å². The van der Waals surface area contributed by atoms with Gasteiger partial charge in [-0.2, -0.15) is 0 Å². The third-order valence-corrected chi connectivity index (χ3v) is 4.48. The Morgan fingerprint density at radius 1 is 1.08 bits per heavy atom. The van der Waals surface area contributed by atoms with Gasteiger partial charge in [-0.05, 0) is 60.5 Å². The Balaban J connectivity index is 1.90. The zero-order chi connectivity index (χ0) is 17.3. The van der Waals surface area contributed by atoms with Gasteiger partial charge < -0.3 is 10.1 Å². The summed E-state index contributed by atoms with van der Waals surface area (Å²) in [5.74, 6) is 0.289. The van der Waals surface area contributed by atoms with Crippen LogP contribution in [0.5, 0.6) is 5.75 Å². The number of benzene rings is 2. The molecule has 4 heteroatoms. The molecule has 2 N–H and O–H groups in total. The number of aromatic amines is 1. The molecule has 1 unspecified atom stereocenters. The quantitative estimate of drug-likeness (QED) is 0.652. The molecule has 0 aliphatic carbocycles. The number of phenolic OH excluding ortho intramolecular Hbond substituents is 1. The Labute approximate surface area is 145 Å². The largest absolute Gasteiger partial charge is 0.508 e. The molecule has 0 spiro atoms. The van der Waals surface area contributed by atoms with Crippen molar-refractivity contribution < 1.29 is 9.90 Å². The first-order chi connectivity index (χ1) is 11.5. The summed E-state index contributed by atoms with van der Waals surface area (Å²) >= 11 is 5.88. The first-order valence-corrected chi connectivity index (χ1v) is 8.12. The molecule has 3 rings (SSSR count). The van der Waals surface area contributed by atoms with Crippen molar-refractivity contribution in [1.29, 1.82) is 0 Å². The van der Waals surface area contributed by atoms with Crippen LogP contribution in [-0.4, -0.2) is 15.9 Å². The second-order valence-electron chi connectivity index (χ2n) is 5.93. The highest BCUT2D eigenvalue weighted by Crippen LogP contribution is 2.27. The van der Waals surface area contributed by atoms with E-state index in [0.29, 0.717) is 16.3 Å². The van der Waals surface area contributed by atoms with Crippen molar-refractivity contribution in [2.24, 2.45) is 0 Å². The number of hydrogen-bond donors (Lipinski definition) is 2. The van der Waals surface area contributed by atoms with Gasteiger partial charge in [-0.25, -0.2) is 0 Å². The molecular formula is C20H18ClNO2. The molecule has 0 bridgehead atoms. The average molecular weight is 340 g/mol. The van der Waals surface area contributed by atoms with Crippen LogP contribution in [0.2, 0.25) is 5.02 Å². The molecule has 24 heavy (non-hydrogen) atoms. The molecule has 2 aromatic carbocycles. The smallest absolute Gasteiger partial charge is 0.209 e. The summed E-state index contributed by atoms with van der Waals surface area (Å²) < 4.78 is 0. The number of hydrogen-bond acceptors (Lipinski definition) is 2. The minimum absolute atomic E-state index is 0.0478. The van der Waals surface area contributed by atoms with Crippen LogP contribution in [0.1, 0.15) is 45.7 Å². The number of ketones is 1. The lowest BCUT2D eigenvalue weighted by atomic mass is 9.98. The fourth-order valence-electron chi connectivity index (χ4n) is 2.74. The van der Waals surface area contributed by atoms with E-state index < -0.39 is 0 Å². The van der Waals surface area contributed by atoms with Crippen molar-refractivity contribution in [1.82, 2.24) is 4.98 Å². The van der Waals surface area contributed by atoms with Crippen molar-refractivity contribution in [3.8, 4) is 5.75 Å². The minimum Gasteiger partial charge on any atom is -0.508 e. The summed E-state index contributed by atoms with van der Waals surface area (Å²) in [6, 6.07) is 16.0. The van der Waals surface area contributed by atoms with E-state index in [1.54, 1.807) is 36.4 Å². The fourth-order valence-corrected chi connectivity index (χ4v) is 2.87. The number of nitrogens with one attached hydrogen (secondary N) is 1. The number of phenols is 1. The van der Waals surface area contributed by atoms with Crippen molar-refractivity contribution in [2.75, 3.05) is 0 Å². The first kappa shape index (κ1) is 16.3. The minimum atomic E-state index is -0.0478. The number of carbonyl (C=O) groups excluding carboxylic acids is 1. The summed E-state index contributed by atoms with van der Waals surface area (Å²) in [6.07, 6.45) is 0. The zero-order valence-electron chi connectivity index (χ0n) is 13.5. The molecule has 1 heterocycles. The Morgan fingerprint density at radius 2 is 1.71 bits per heavy atom. The highest BCUT2D eigenvalue weighted by atomic mass is 35.5. The maximum absolute atomic E-state index is 12.7. The van der Waals surface area contributed by atoms with E-state index in [9.17, 15) is 9.90 Å². The van der Waals surface area contributed by atoms with Gasteiger partial charge in [0.05, 0.1) is 5.69 Å². The molecule has 0 saturated carbocycles. The van der Waals surface area contributed by atoms with Gasteiger partial charge in [-0.1, -0.05) is 30.7 Å². The van der Waals surface area contributed by atoms with Gasteiger partial charge in [-0.3, -0.25) is 4.79 Å². The lowest BCUT2D eigenvalue weighted by Gasteiger charge is -2.10. The molecule has 1 aromatic heterocycles. The number of aryl methyl sites for hydroxylation is 1. The van der Waals surface area contributed by atoms with Crippen molar-refractivity contribution in [3.05, 3.63) is 87.7 Å². The Hall–Kier alpha value is -2.52. The number of rotatable bonds is 4. The molecule has 3 nitrogen and oxygen atoms in total.